The van der Waals surface area contributed by atoms with Crippen LogP contribution < -0.4 is 17.2 Å². The van der Waals surface area contributed by atoms with E-state index in [1.165, 1.54) is 0 Å². The third-order valence-corrected chi connectivity index (χ3v) is 2.47. The Morgan fingerprint density at radius 2 is 1.56 bits per heavy atom. The van der Waals surface area contributed by atoms with Crippen LogP contribution in [0.1, 0.15) is 5.56 Å². The Morgan fingerprint density at radius 3 is 2.25 bits per heavy atom. The summed E-state index contributed by atoms with van der Waals surface area (Å²) in [5, 5.41) is 0. The first-order chi connectivity index (χ1) is 7.69. The third kappa shape index (κ3) is 2.15. The fraction of sp³-hybridized carbons (Fsp3) is 0.0769. The zero-order chi connectivity index (χ0) is 11.5. The molecule has 0 fully saturated rings. The van der Waals surface area contributed by atoms with Crippen LogP contribution >= 0.6 is 0 Å². The molecule has 0 atom stereocenters. The van der Waals surface area contributed by atoms with Crippen LogP contribution in [0.25, 0.3) is 11.1 Å². The predicted octanol–water partition coefficient (Wildman–Crippen LogP) is 1.98. The highest BCUT2D eigenvalue weighted by molar-refractivity contribution is 5.71. The second kappa shape index (κ2) is 4.24. The van der Waals surface area contributed by atoms with Crippen molar-refractivity contribution in [1.29, 1.82) is 0 Å². The zero-order valence-corrected chi connectivity index (χ0v) is 8.98. The van der Waals surface area contributed by atoms with Crippen molar-refractivity contribution in [1.82, 2.24) is 0 Å². The number of anilines is 2. The zero-order valence-electron chi connectivity index (χ0n) is 8.98. The van der Waals surface area contributed by atoms with Crippen molar-refractivity contribution in [3.8, 4) is 11.1 Å². The number of hydrogen-bond donors (Lipinski definition) is 3. The molecule has 0 saturated carbocycles. The van der Waals surface area contributed by atoms with E-state index in [0.717, 1.165) is 28.1 Å². The molecule has 82 valence electrons. The Balaban J connectivity index is 2.51. The minimum Gasteiger partial charge on any atom is -0.399 e. The van der Waals surface area contributed by atoms with Gasteiger partial charge in [-0.2, -0.15) is 0 Å². The molecule has 0 aliphatic carbocycles. The van der Waals surface area contributed by atoms with E-state index in [0.29, 0.717) is 6.54 Å². The van der Waals surface area contributed by atoms with Gasteiger partial charge < -0.3 is 17.2 Å². The van der Waals surface area contributed by atoms with E-state index in [-0.39, 0.29) is 0 Å². The lowest BCUT2D eigenvalue weighted by atomic mass is 10.0. The molecular weight excluding hydrogens is 198 g/mol. The third-order valence-electron chi connectivity index (χ3n) is 2.47. The van der Waals surface area contributed by atoms with Crippen LogP contribution in [0.3, 0.4) is 0 Å². The van der Waals surface area contributed by atoms with Gasteiger partial charge in [-0.1, -0.05) is 12.1 Å². The number of nitrogens with two attached hydrogens (primary N) is 3. The molecule has 0 bridgehead atoms. The smallest absolute Gasteiger partial charge is 0.0323 e. The number of hydrogen-bond acceptors (Lipinski definition) is 3. The molecule has 3 heteroatoms. The monoisotopic (exact) mass is 213 g/mol. The summed E-state index contributed by atoms with van der Waals surface area (Å²) in [5.41, 5.74) is 21.8. The molecule has 0 amide bonds. The summed E-state index contributed by atoms with van der Waals surface area (Å²) in [7, 11) is 0. The average molecular weight is 213 g/mol. The van der Waals surface area contributed by atoms with Gasteiger partial charge in [-0.25, -0.2) is 0 Å². The SMILES string of the molecule is NCc1cc(N)cc(-c2cccc(N)c2)c1. The number of nitrogen functional groups attached to an aromatic ring is 2. The van der Waals surface area contributed by atoms with Crippen LogP contribution in [0.15, 0.2) is 42.5 Å². The first-order valence-corrected chi connectivity index (χ1v) is 5.14. The highest BCUT2D eigenvalue weighted by Crippen LogP contribution is 2.24. The van der Waals surface area contributed by atoms with E-state index in [4.69, 9.17) is 17.2 Å². The standard InChI is InChI=1S/C13H15N3/c14-8-9-4-11(7-13(16)5-9)10-2-1-3-12(15)6-10/h1-7H,8,14-16H2. The summed E-state index contributed by atoms with van der Waals surface area (Å²) in [5.74, 6) is 0. The van der Waals surface area contributed by atoms with E-state index in [1.807, 2.05) is 42.5 Å². The van der Waals surface area contributed by atoms with Gasteiger partial charge in [-0.3, -0.25) is 0 Å². The van der Waals surface area contributed by atoms with Crippen molar-refractivity contribution >= 4 is 11.4 Å². The molecule has 0 aromatic heterocycles. The topological polar surface area (TPSA) is 78.1 Å². The molecule has 2 rings (SSSR count). The molecule has 0 saturated heterocycles. The first kappa shape index (κ1) is 10.5. The van der Waals surface area contributed by atoms with E-state index in [1.54, 1.807) is 0 Å². The number of benzene rings is 2. The minimum atomic E-state index is 0.486. The normalized spacial score (nSPS) is 10.3. The second-order valence-corrected chi connectivity index (χ2v) is 3.79. The van der Waals surface area contributed by atoms with Crippen LogP contribution in [0.4, 0.5) is 11.4 Å². The van der Waals surface area contributed by atoms with Crippen LogP contribution in [-0.2, 0) is 6.54 Å². The van der Waals surface area contributed by atoms with Crippen molar-refractivity contribution < 1.29 is 0 Å². The summed E-state index contributed by atoms with van der Waals surface area (Å²) < 4.78 is 0. The fourth-order valence-corrected chi connectivity index (χ4v) is 1.72. The van der Waals surface area contributed by atoms with Crippen molar-refractivity contribution in [2.45, 2.75) is 6.54 Å². The molecule has 0 heterocycles. The predicted molar refractivity (Wildman–Crippen MR) is 68.6 cm³/mol. The maximum Gasteiger partial charge on any atom is 0.0323 e. The lowest BCUT2D eigenvalue weighted by molar-refractivity contribution is 1.07. The Bertz CT molecular complexity index is 506. The van der Waals surface area contributed by atoms with Crippen molar-refractivity contribution in [3.05, 3.63) is 48.0 Å². The minimum absolute atomic E-state index is 0.486. The molecular formula is C13H15N3. The second-order valence-electron chi connectivity index (χ2n) is 3.79. The largest absolute Gasteiger partial charge is 0.399 e. The van der Waals surface area contributed by atoms with Gasteiger partial charge in [0.1, 0.15) is 0 Å². The number of rotatable bonds is 2. The van der Waals surface area contributed by atoms with Crippen LogP contribution in [0.2, 0.25) is 0 Å². The Labute approximate surface area is 94.9 Å². The van der Waals surface area contributed by atoms with Crippen LogP contribution in [0, 0.1) is 0 Å². The van der Waals surface area contributed by atoms with Crippen LogP contribution in [0.5, 0.6) is 0 Å². The lowest BCUT2D eigenvalue weighted by Crippen LogP contribution is -1.98. The summed E-state index contributed by atoms with van der Waals surface area (Å²) in [6, 6.07) is 13.6. The maximum atomic E-state index is 5.82. The van der Waals surface area contributed by atoms with Gasteiger partial charge in [0, 0.05) is 17.9 Å². The summed E-state index contributed by atoms with van der Waals surface area (Å²) >= 11 is 0. The summed E-state index contributed by atoms with van der Waals surface area (Å²) in [6.07, 6.45) is 0. The molecule has 0 aliphatic heterocycles. The summed E-state index contributed by atoms with van der Waals surface area (Å²) in [4.78, 5) is 0. The van der Waals surface area contributed by atoms with Crippen molar-refractivity contribution in [2.75, 3.05) is 11.5 Å². The van der Waals surface area contributed by atoms with Gasteiger partial charge >= 0.3 is 0 Å². The highest BCUT2D eigenvalue weighted by atomic mass is 14.6. The molecule has 0 unspecified atom stereocenters. The first-order valence-electron chi connectivity index (χ1n) is 5.14. The van der Waals surface area contributed by atoms with E-state index in [2.05, 4.69) is 0 Å². The molecule has 0 spiro atoms. The molecule has 3 nitrogen and oxygen atoms in total. The van der Waals surface area contributed by atoms with E-state index in [9.17, 15) is 0 Å². The summed E-state index contributed by atoms with van der Waals surface area (Å²) in [6.45, 7) is 0.486. The highest BCUT2D eigenvalue weighted by Gasteiger charge is 2.01. The van der Waals surface area contributed by atoms with Gasteiger partial charge in [0.2, 0.25) is 0 Å². The van der Waals surface area contributed by atoms with Crippen LogP contribution in [-0.4, -0.2) is 0 Å². The molecule has 0 aliphatic rings. The van der Waals surface area contributed by atoms with Crippen molar-refractivity contribution in [2.24, 2.45) is 5.73 Å². The van der Waals surface area contributed by atoms with E-state index < -0.39 is 0 Å². The lowest BCUT2D eigenvalue weighted by Gasteiger charge is -2.07. The van der Waals surface area contributed by atoms with Gasteiger partial charge in [0.05, 0.1) is 0 Å². The quantitative estimate of drug-likeness (QED) is 0.667. The van der Waals surface area contributed by atoms with Gasteiger partial charge in [-0.15, -0.1) is 0 Å². The molecule has 2 aromatic carbocycles. The van der Waals surface area contributed by atoms with Gasteiger partial charge in [0.15, 0.2) is 0 Å². The molecule has 0 radical (unpaired) electrons. The van der Waals surface area contributed by atoms with Gasteiger partial charge in [-0.05, 0) is 47.0 Å². The molecule has 6 N–H and O–H groups in total. The van der Waals surface area contributed by atoms with E-state index >= 15 is 0 Å². The molecule has 2 aromatic rings. The molecule has 16 heavy (non-hydrogen) atoms. The maximum absolute atomic E-state index is 5.82. The average Bonchev–Trinajstić information content (AvgIpc) is 2.28. The Hall–Kier alpha value is -2.00. The van der Waals surface area contributed by atoms with Gasteiger partial charge in [0.25, 0.3) is 0 Å². The Morgan fingerprint density at radius 1 is 0.812 bits per heavy atom. The van der Waals surface area contributed by atoms with Crippen molar-refractivity contribution in [3.63, 3.8) is 0 Å². The fourth-order valence-electron chi connectivity index (χ4n) is 1.72. The Kier molecular flexibility index (Phi) is 2.79.